The minimum absolute atomic E-state index is 0.121. The highest BCUT2D eigenvalue weighted by molar-refractivity contribution is 6.30. The number of pyridine rings is 1. The van der Waals surface area contributed by atoms with Gasteiger partial charge in [0.15, 0.2) is 5.82 Å². The SMILES string of the molecule is O=C(c1cnc2c(c1)N(Cc1ccc(Cl)cc1)C(=O)CN2)N(CCO)Cc1ccco1. The maximum absolute atomic E-state index is 13.1. The van der Waals surface area contributed by atoms with E-state index in [0.29, 0.717) is 34.4 Å². The number of rotatable bonds is 7. The van der Waals surface area contributed by atoms with Crippen LogP contribution in [0.5, 0.6) is 0 Å². The molecule has 9 heteroatoms. The first kappa shape index (κ1) is 20.9. The summed E-state index contributed by atoms with van der Waals surface area (Å²) in [6, 6.07) is 12.4. The molecule has 3 aromatic rings. The van der Waals surface area contributed by atoms with Crippen LogP contribution in [0, 0.1) is 0 Å². The first-order chi connectivity index (χ1) is 15.0. The molecule has 1 aliphatic rings. The van der Waals surface area contributed by atoms with E-state index in [-0.39, 0.29) is 38.1 Å². The fraction of sp³-hybridized carbons (Fsp3) is 0.227. The Morgan fingerprint density at radius 2 is 2.10 bits per heavy atom. The molecule has 2 amide bonds. The molecule has 31 heavy (non-hydrogen) atoms. The Labute approximate surface area is 184 Å². The molecule has 0 fully saturated rings. The third kappa shape index (κ3) is 4.70. The van der Waals surface area contributed by atoms with E-state index in [1.165, 1.54) is 17.4 Å². The van der Waals surface area contributed by atoms with Crippen LogP contribution in [-0.4, -0.2) is 46.5 Å². The van der Waals surface area contributed by atoms with Crippen LogP contribution in [-0.2, 0) is 17.9 Å². The summed E-state index contributed by atoms with van der Waals surface area (Å²) in [5.74, 6) is 0.695. The van der Waals surface area contributed by atoms with Crippen LogP contribution in [0.2, 0.25) is 5.02 Å². The van der Waals surface area contributed by atoms with Crippen LogP contribution in [0.1, 0.15) is 21.7 Å². The summed E-state index contributed by atoms with van der Waals surface area (Å²) >= 11 is 5.96. The second-order valence-electron chi connectivity index (χ2n) is 7.08. The number of anilines is 2. The molecular weight excluding hydrogens is 420 g/mol. The minimum atomic E-state index is -0.315. The number of nitrogens with zero attached hydrogens (tertiary/aromatic N) is 3. The molecule has 0 aliphatic carbocycles. The monoisotopic (exact) mass is 440 g/mol. The molecule has 1 aliphatic heterocycles. The van der Waals surface area contributed by atoms with Crippen LogP contribution < -0.4 is 10.2 Å². The highest BCUT2D eigenvalue weighted by Crippen LogP contribution is 2.30. The van der Waals surface area contributed by atoms with E-state index in [9.17, 15) is 14.7 Å². The van der Waals surface area contributed by atoms with Gasteiger partial charge in [0, 0.05) is 17.8 Å². The van der Waals surface area contributed by atoms with Crippen LogP contribution in [0.25, 0.3) is 0 Å². The van der Waals surface area contributed by atoms with Crippen molar-refractivity contribution in [1.29, 1.82) is 0 Å². The summed E-state index contributed by atoms with van der Waals surface area (Å²) in [6.45, 7) is 0.623. The Morgan fingerprint density at radius 1 is 1.29 bits per heavy atom. The Kier molecular flexibility index (Phi) is 6.20. The molecule has 0 saturated carbocycles. The molecule has 8 nitrogen and oxygen atoms in total. The van der Waals surface area contributed by atoms with Crippen LogP contribution in [0.15, 0.2) is 59.3 Å². The van der Waals surface area contributed by atoms with E-state index in [0.717, 1.165) is 5.56 Å². The Balaban J connectivity index is 1.61. The first-order valence-corrected chi connectivity index (χ1v) is 10.1. The summed E-state index contributed by atoms with van der Waals surface area (Å²) < 4.78 is 5.33. The van der Waals surface area contributed by atoms with Gasteiger partial charge in [0.05, 0.1) is 43.8 Å². The van der Waals surface area contributed by atoms with Crippen molar-refractivity contribution in [2.24, 2.45) is 0 Å². The number of hydrogen-bond donors (Lipinski definition) is 2. The Bertz CT molecular complexity index is 1070. The van der Waals surface area contributed by atoms with E-state index < -0.39 is 0 Å². The molecule has 1 aromatic carbocycles. The molecule has 0 spiro atoms. The molecule has 160 valence electrons. The van der Waals surface area contributed by atoms with Crippen molar-refractivity contribution in [3.63, 3.8) is 0 Å². The number of aromatic nitrogens is 1. The van der Waals surface area contributed by atoms with Crippen molar-refractivity contribution in [2.45, 2.75) is 13.1 Å². The van der Waals surface area contributed by atoms with Crippen molar-refractivity contribution in [3.05, 3.63) is 76.8 Å². The summed E-state index contributed by atoms with van der Waals surface area (Å²) in [6.07, 6.45) is 3.00. The third-order valence-corrected chi connectivity index (χ3v) is 5.20. The number of nitrogens with one attached hydrogen (secondary N) is 1. The number of amides is 2. The lowest BCUT2D eigenvalue weighted by Crippen LogP contribution is -2.40. The van der Waals surface area contributed by atoms with E-state index in [2.05, 4.69) is 10.3 Å². The fourth-order valence-corrected chi connectivity index (χ4v) is 3.52. The zero-order valence-electron chi connectivity index (χ0n) is 16.6. The van der Waals surface area contributed by atoms with Crippen molar-refractivity contribution < 1.29 is 19.1 Å². The van der Waals surface area contributed by atoms with Gasteiger partial charge in [-0.2, -0.15) is 0 Å². The predicted molar refractivity (Wildman–Crippen MR) is 116 cm³/mol. The normalized spacial score (nSPS) is 13.0. The minimum Gasteiger partial charge on any atom is -0.467 e. The molecule has 0 bridgehead atoms. The second kappa shape index (κ2) is 9.20. The maximum Gasteiger partial charge on any atom is 0.255 e. The lowest BCUT2D eigenvalue weighted by Gasteiger charge is -2.30. The zero-order chi connectivity index (χ0) is 21.8. The van der Waals surface area contributed by atoms with Crippen molar-refractivity contribution >= 4 is 34.9 Å². The zero-order valence-corrected chi connectivity index (χ0v) is 17.4. The highest BCUT2D eigenvalue weighted by atomic mass is 35.5. The number of furan rings is 1. The van der Waals surface area contributed by atoms with E-state index in [1.54, 1.807) is 35.2 Å². The topological polar surface area (TPSA) is 98.9 Å². The molecule has 2 N–H and O–H groups in total. The molecule has 2 aromatic heterocycles. The van der Waals surface area contributed by atoms with Crippen molar-refractivity contribution in [1.82, 2.24) is 9.88 Å². The van der Waals surface area contributed by atoms with Gasteiger partial charge in [-0.3, -0.25) is 9.59 Å². The largest absolute Gasteiger partial charge is 0.467 e. The van der Waals surface area contributed by atoms with Crippen LogP contribution in [0.4, 0.5) is 11.5 Å². The lowest BCUT2D eigenvalue weighted by molar-refractivity contribution is -0.117. The van der Waals surface area contributed by atoms with Gasteiger partial charge in [-0.15, -0.1) is 0 Å². The molecule has 4 rings (SSSR count). The summed E-state index contributed by atoms with van der Waals surface area (Å²) in [7, 11) is 0. The number of aliphatic hydroxyl groups is 1. The van der Waals surface area contributed by atoms with Gasteiger partial charge in [-0.05, 0) is 35.9 Å². The van der Waals surface area contributed by atoms with Crippen molar-refractivity contribution in [2.75, 3.05) is 29.9 Å². The Morgan fingerprint density at radius 3 is 2.81 bits per heavy atom. The molecule has 0 saturated heterocycles. The number of halogens is 1. The van der Waals surface area contributed by atoms with Gasteiger partial charge in [-0.1, -0.05) is 23.7 Å². The smallest absolute Gasteiger partial charge is 0.255 e. The fourth-order valence-electron chi connectivity index (χ4n) is 3.39. The lowest BCUT2D eigenvalue weighted by atomic mass is 10.1. The van der Waals surface area contributed by atoms with Gasteiger partial charge in [0.1, 0.15) is 5.76 Å². The van der Waals surface area contributed by atoms with Gasteiger partial charge in [0.2, 0.25) is 5.91 Å². The average molecular weight is 441 g/mol. The maximum atomic E-state index is 13.1. The predicted octanol–water partition coefficient (Wildman–Crippen LogP) is 2.92. The third-order valence-electron chi connectivity index (χ3n) is 4.95. The van der Waals surface area contributed by atoms with E-state index >= 15 is 0 Å². The highest BCUT2D eigenvalue weighted by Gasteiger charge is 2.27. The summed E-state index contributed by atoms with van der Waals surface area (Å²) in [5, 5.41) is 13.0. The Hall–Kier alpha value is -3.36. The number of hydrogen-bond acceptors (Lipinski definition) is 6. The van der Waals surface area contributed by atoms with Gasteiger partial charge >= 0.3 is 0 Å². The summed E-state index contributed by atoms with van der Waals surface area (Å²) in [5.41, 5.74) is 1.75. The average Bonchev–Trinajstić information content (AvgIpc) is 3.29. The molecule has 0 unspecified atom stereocenters. The number of aliphatic hydroxyl groups excluding tert-OH is 1. The number of fused-ring (bicyclic) bond motifs is 1. The van der Waals surface area contributed by atoms with Crippen molar-refractivity contribution in [3.8, 4) is 0 Å². The second-order valence-corrected chi connectivity index (χ2v) is 7.52. The van der Waals surface area contributed by atoms with Gasteiger partial charge in [0.25, 0.3) is 5.91 Å². The van der Waals surface area contributed by atoms with Crippen LogP contribution in [0.3, 0.4) is 0 Å². The standard InChI is InChI=1S/C22H21ClN4O4/c23-17-5-3-15(4-6-17)13-27-19-10-16(11-24-21(19)25-12-20(27)29)22(30)26(7-8-28)14-18-2-1-9-31-18/h1-6,9-11,28H,7-8,12-14H2,(H,24,25). The molecule has 0 atom stereocenters. The van der Waals surface area contributed by atoms with Gasteiger partial charge in [-0.25, -0.2) is 4.98 Å². The number of benzene rings is 1. The van der Waals surface area contributed by atoms with E-state index in [4.69, 9.17) is 16.0 Å². The molecular formula is C22H21ClN4O4. The summed E-state index contributed by atoms with van der Waals surface area (Å²) in [4.78, 5) is 33.2. The van der Waals surface area contributed by atoms with Gasteiger partial charge < -0.3 is 24.6 Å². The first-order valence-electron chi connectivity index (χ1n) is 9.76. The number of carbonyl (C=O) groups excluding carboxylic acids is 2. The van der Waals surface area contributed by atoms with Crippen LogP contribution >= 0.6 is 11.6 Å². The molecule has 3 heterocycles. The quantitative estimate of drug-likeness (QED) is 0.586. The molecule has 0 radical (unpaired) electrons. The number of carbonyl (C=O) groups is 2. The van der Waals surface area contributed by atoms with E-state index in [1.807, 2.05) is 12.1 Å².